The second-order valence-corrected chi connectivity index (χ2v) is 5.20. The van der Waals surface area contributed by atoms with Crippen LogP contribution in [-0.2, 0) is 6.54 Å². The molecule has 0 aliphatic heterocycles. The van der Waals surface area contributed by atoms with Crippen molar-refractivity contribution in [3.8, 4) is 5.75 Å². The van der Waals surface area contributed by atoms with E-state index in [1.54, 1.807) is 7.11 Å². The van der Waals surface area contributed by atoms with Crippen molar-refractivity contribution in [3.05, 3.63) is 40.9 Å². The van der Waals surface area contributed by atoms with Crippen molar-refractivity contribution in [2.24, 2.45) is 0 Å². The third kappa shape index (κ3) is 1.62. The molecule has 0 saturated carbocycles. The van der Waals surface area contributed by atoms with Gasteiger partial charge in [0.05, 0.1) is 7.11 Å². The predicted molar refractivity (Wildman–Crippen MR) is 79.4 cm³/mol. The highest BCUT2D eigenvalue weighted by Gasteiger charge is 2.10. The molecule has 0 N–H and O–H groups in total. The number of nitrogens with zero attached hydrogens (tertiary/aromatic N) is 1. The van der Waals surface area contributed by atoms with Gasteiger partial charge in [-0.2, -0.15) is 0 Å². The average molecular weight is 304 g/mol. The SMILES string of the molecule is CCn1c2ccc(Br)cc2c2cc(OC)ccc21. The van der Waals surface area contributed by atoms with Crippen LogP contribution in [0.1, 0.15) is 6.92 Å². The Bertz CT molecular complexity index is 730. The van der Waals surface area contributed by atoms with Crippen LogP contribution in [0.5, 0.6) is 5.75 Å². The fourth-order valence-corrected chi connectivity index (χ4v) is 2.88. The van der Waals surface area contributed by atoms with Gasteiger partial charge < -0.3 is 9.30 Å². The highest BCUT2D eigenvalue weighted by atomic mass is 79.9. The van der Waals surface area contributed by atoms with E-state index in [-0.39, 0.29) is 0 Å². The molecular formula is C15H14BrNO. The summed E-state index contributed by atoms with van der Waals surface area (Å²) < 4.78 is 8.76. The van der Waals surface area contributed by atoms with Gasteiger partial charge in [0.15, 0.2) is 0 Å². The molecule has 3 rings (SSSR count). The van der Waals surface area contributed by atoms with Gasteiger partial charge in [0.25, 0.3) is 0 Å². The van der Waals surface area contributed by atoms with Crippen molar-refractivity contribution in [2.45, 2.75) is 13.5 Å². The fourth-order valence-electron chi connectivity index (χ4n) is 2.52. The molecule has 0 atom stereocenters. The molecule has 0 bridgehead atoms. The van der Waals surface area contributed by atoms with Gasteiger partial charge in [-0.3, -0.25) is 0 Å². The predicted octanol–water partition coefficient (Wildman–Crippen LogP) is 4.59. The average Bonchev–Trinajstić information content (AvgIpc) is 2.71. The highest BCUT2D eigenvalue weighted by molar-refractivity contribution is 9.10. The summed E-state index contributed by atoms with van der Waals surface area (Å²) in [4.78, 5) is 0. The van der Waals surface area contributed by atoms with Crippen molar-refractivity contribution < 1.29 is 4.74 Å². The van der Waals surface area contributed by atoms with Gasteiger partial charge in [0.1, 0.15) is 5.75 Å². The zero-order chi connectivity index (χ0) is 12.7. The minimum atomic E-state index is 0.901. The zero-order valence-corrected chi connectivity index (χ0v) is 12.0. The van der Waals surface area contributed by atoms with Gasteiger partial charge in [0.2, 0.25) is 0 Å². The van der Waals surface area contributed by atoms with Crippen LogP contribution in [0.2, 0.25) is 0 Å². The number of aryl methyl sites for hydroxylation is 1. The van der Waals surface area contributed by atoms with Crippen LogP contribution in [0.25, 0.3) is 21.8 Å². The lowest BCUT2D eigenvalue weighted by atomic mass is 10.1. The van der Waals surface area contributed by atoms with Crippen LogP contribution >= 0.6 is 15.9 Å². The first-order chi connectivity index (χ1) is 8.74. The number of hydrogen-bond donors (Lipinski definition) is 0. The number of hydrogen-bond acceptors (Lipinski definition) is 1. The maximum absolute atomic E-state index is 5.32. The number of halogens is 1. The number of methoxy groups -OCH3 is 1. The maximum atomic E-state index is 5.32. The van der Waals surface area contributed by atoms with Crippen molar-refractivity contribution in [1.82, 2.24) is 4.57 Å². The Kier molecular flexibility index (Phi) is 2.78. The molecule has 1 heterocycles. The van der Waals surface area contributed by atoms with Crippen molar-refractivity contribution in [1.29, 1.82) is 0 Å². The molecule has 0 aliphatic carbocycles. The van der Waals surface area contributed by atoms with Crippen LogP contribution in [0.4, 0.5) is 0 Å². The summed E-state index contributed by atoms with van der Waals surface area (Å²) in [7, 11) is 1.70. The van der Waals surface area contributed by atoms with Gasteiger partial charge >= 0.3 is 0 Å². The van der Waals surface area contributed by atoms with E-state index >= 15 is 0 Å². The second-order valence-electron chi connectivity index (χ2n) is 4.29. The lowest BCUT2D eigenvalue weighted by molar-refractivity contribution is 0.415. The molecule has 0 aliphatic rings. The fraction of sp³-hybridized carbons (Fsp3) is 0.200. The van der Waals surface area contributed by atoms with Crippen molar-refractivity contribution in [2.75, 3.05) is 7.11 Å². The van der Waals surface area contributed by atoms with Gasteiger partial charge in [-0.05, 0) is 43.3 Å². The summed E-state index contributed by atoms with van der Waals surface area (Å²) in [6, 6.07) is 12.7. The Balaban J connectivity index is 2.49. The van der Waals surface area contributed by atoms with Gasteiger partial charge in [-0.15, -0.1) is 0 Å². The van der Waals surface area contributed by atoms with E-state index in [9.17, 15) is 0 Å². The number of benzene rings is 2. The largest absolute Gasteiger partial charge is 0.497 e. The van der Waals surface area contributed by atoms with E-state index in [0.29, 0.717) is 0 Å². The van der Waals surface area contributed by atoms with E-state index in [4.69, 9.17) is 4.74 Å². The second kappa shape index (κ2) is 4.32. The normalized spacial score (nSPS) is 11.3. The summed E-state index contributed by atoms with van der Waals surface area (Å²) in [6.07, 6.45) is 0. The number of rotatable bonds is 2. The maximum Gasteiger partial charge on any atom is 0.119 e. The first kappa shape index (κ1) is 11.6. The highest BCUT2D eigenvalue weighted by Crippen LogP contribution is 2.33. The summed E-state index contributed by atoms with van der Waals surface area (Å²) in [5, 5.41) is 2.51. The van der Waals surface area contributed by atoms with Crippen LogP contribution in [0.3, 0.4) is 0 Å². The molecule has 0 radical (unpaired) electrons. The van der Waals surface area contributed by atoms with Crippen LogP contribution < -0.4 is 4.74 Å². The van der Waals surface area contributed by atoms with E-state index in [0.717, 1.165) is 16.8 Å². The lowest BCUT2D eigenvalue weighted by Gasteiger charge is -2.03. The summed E-state index contributed by atoms with van der Waals surface area (Å²) >= 11 is 3.54. The third-order valence-electron chi connectivity index (χ3n) is 3.35. The summed E-state index contributed by atoms with van der Waals surface area (Å²) in [5.41, 5.74) is 2.52. The smallest absolute Gasteiger partial charge is 0.119 e. The monoisotopic (exact) mass is 303 g/mol. The number of fused-ring (bicyclic) bond motifs is 3. The Morgan fingerprint density at radius 3 is 2.39 bits per heavy atom. The molecule has 2 aromatic carbocycles. The molecule has 92 valence electrons. The first-order valence-corrected chi connectivity index (χ1v) is 6.79. The van der Waals surface area contributed by atoms with Gasteiger partial charge in [0, 0.05) is 32.8 Å². The molecule has 0 amide bonds. The minimum absolute atomic E-state index is 0.901. The Labute approximate surface area is 114 Å². The molecule has 0 saturated heterocycles. The van der Waals surface area contributed by atoms with E-state index in [2.05, 4.69) is 57.8 Å². The minimum Gasteiger partial charge on any atom is -0.497 e. The quantitative estimate of drug-likeness (QED) is 0.675. The Hall–Kier alpha value is -1.48. The van der Waals surface area contributed by atoms with Gasteiger partial charge in [-0.25, -0.2) is 0 Å². The van der Waals surface area contributed by atoms with Crippen LogP contribution in [0, 0.1) is 0 Å². The third-order valence-corrected chi connectivity index (χ3v) is 3.84. The molecular weight excluding hydrogens is 290 g/mol. The number of aromatic nitrogens is 1. The van der Waals surface area contributed by atoms with E-state index < -0.39 is 0 Å². The molecule has 0 unspecified atom stereocenters. The Morgan fingerprint density at radius 1 is 1.06 bits per heavy atom. The van der Waals surface area contributed by atoms with Gasteiger partial charge in [-0.1, -0.05) is 15.9 Å². The molecule has 0 spiro atoms. The van der Waals surface area contributed by atoms with Crippen LogP contribution in [0.15, 0.2) is 40.9 Å². The topological polar surface area (TPSA) is 14.2 Å². The van der Waals surface area contributed by atoms with Crippen molar-refractivity contribution >= 4 is 37.7 Å². The van der Waals surface area contributed by atoms with Crippen LogP contribution in [-0.4, -0.2) is 11.7 Å². The van der Waals surface area contributed by atoms with Crippen molar-refractivity contribution in [3.63, 3.8) is 0 Å². The van der Waals surface area contributed by atoms with E-state index in [1.165, 1.54) is 21.8 Å². The van der Waals surface area contributed by atoms with E-state index in [1.807, 2.05) is 6.07 Å². The molecule has 0 fully saturated rings. The number of ether oxygens (including phenoxy) is 1. The molecule has 1 aromatic heterocycles. The standard InChI is InChI=1S/C15H14BrNO/c1-3-17-14-6-4-10(16)8-12(14)13-9-11(18-2)5-7-15(13)17/h4-9H,3H2,1-2H3. The zero-order valence-electron chi connectivity index (χ0n) is 10.4. The lowest BCUT2D eigenvalue weighted by Crippen LogP contribution is -1.92. The summed E-state index contributed by atoms with van der Waals surface area (Å²) in [6.45, 7) is 3.14. The molecule has 2 nitrogen and oxygen atoms in total. The molecule has 3 heteroatoms. The summed E-state index contributed by atoms with van der Waals surface area (Å²) in [5.74, 6) is 0.901. The molecule has 3 aromatic rings. The molecule has 18 heavy (non-hydrogen) atoms. The Morgan fingerprint density at radius 2 is 1.72 bits per heavy atom. The first-order valence-electron chi connectivity index (χ1n) is 6.00.